The summed E-state index contributed by atoms with van der Waals surface area (Å²) >= 11 is 0. The average Bonchev–Trinajstić information content (AvgIpc) is 3.38. The highest BCUT2D eigenvalue weighted by Gasteiger charge is 2.58. The number of aryl methyl sites for hydroxylation is 1. The SMILES string of the molecule is Cc1cn([C@H]2C[C@H](O)[C@@H](COP(=O)(O)O[C@H]3[C@H](n4ccc(=O)[nH]c4=O)OC4(CNCNC4)[C@H]3O)O2)c(=O)[nH]c1=O. The number of nitrogens with one attached hydrogen (secondary N) is 4. The minimum absolute atomic E-state index is 0.0785. The summed E-state index contributed by atoms with van der Waals surface area (Å²) in [6.07, 6.45) is -5.63. The first-order chi connectivity index (χ1) is 18.9. The Labute approximate surface area is 224 Å². The molecule has 3 saturated heterocycles. The Morgan fingerprint density at radius 2 is 1.82 bits per heavy atom. The van der Waals surface area contributed by atoms with Gasteiger partial charge in [-0.05, 0) is 6.92 Å². The molecule has 40 heavy (non-hydrogen) atoms. The molecular formula is C21H29N6O12P. The molecule has 5 rings (SSSR count). The summed E-state index contributed by atoms with van der Waals surface area (Å²) in [5.41, 5.74) is -4.03. The van der Waals surface area contributed by atoms with Crippen molar-refractivity contribution in [3.63, 3.8) is 0 Å². The first-order valence-corrected chi connectivity index (χ1v) is 13.8. The van der Waals surface area contributed by atoms with Gasteiger partial charge < -0.3 is 35.2 Å². The Bertz CT molecular complexity index is 1530. The van der Waals surface area contributed by atoms with Crippen molar-refractivity contribution in [1.29, 1.82) is 0 Å². The Morgan fingerprint density at radius 3 is 2.52 bits per heavy atom. The summed E-state index contributed by atoms with van der Waals surface area (Å²) in [5.74, 6) is 0. The van der Waals surface area contributed by atoms with E-state index in [9.17, 15) is 38.8 Å². The molecule has 0 amide bonds. The second-order valence-corrected chi connectivity index (χ2v) is 11.2. The molecule has 1 spiro atoms. The van der Waals surface area contributed by atoms with Crippen molar-refractivity contribution in [2.24, 2.45) is 0 Å². The van der Waals surface area contributed by atoms with E-state index in [0.29, 0.717) is 6.67 Å². The number of aliphatic hydroxyl groups is 2. The standard InChI is InChI=1S/C21H29N6O12P/c1-10-5-27(20(33)25-17(10)31)14-4-11(28)12(37-14)6-36-40(34,35)39-15-16(30)21(7-22-9-23-8-21)38-18(15)26-3-2-13(29)24-19(26)32/h2-3,5,11-12,14-16,18,22-23,28,30H,4,6-9H2,1H3,(H,34,35)(H,24,29,32)(H,25,31,33)/t11-,12+,14+,15+,16-,18+/m0/s1. The number of aliphatic hydroxyl groups excluding tert-OH is 2. The molecule has 0 radical (unpaired) electrons. The van der Waals surface area contributed by atoms with Gasteiger partial charge in [-0.3, -0.25) is 37.7 Å². The number of nitrogens with zero attached hydrogens (tertiary/aromatic N) is 2. The molecular weight excluding hydrogens is 559 g/mol. The van der Waals surface area contributed by atoms with Crippen LogP contribution >= 0.6 is 7.82 Å². The van der Waals surface area contributed by atoms with Crippen molar-refractivity contribution in [2.45, 2.75) is 55.8 Å². The number of phosphoric acid groups is 1. The van der Waals surface area contributed by atoms with Gasteiger partial charge in [-0.2, -0.15) is 0 Å². The van der Waals surface area contributed by atoms with E-state index in [2.05, 4.69) is 20.6 Å². The Kier molecular flexibility index (Phi) is 7.83. The Morgan fingerprint density at radius 1 is 1.12 bits per heavy atom. The highest BCUT2D eigenvalue weighted by Crippen LogP contribution is 2.51. The third-order valence-corrected chi connectivity index (χ3v) is 8.01. The maximum absolute atomic E-state index is 13.0. The molecule has 2 aromatic heterocycles. The van der Waals surface area contributed by atoms with E-state index in [1.165, 1.54) is 13.1 Å². The number of aromatic amines is 2. The molecule has 18 nitrogen and oxygen atoms in total. The number of hydrogen-bond donors (Lipinski definition) is 7. The third kappa shape index (κ3) is 5.55. The van der Waals surface area contributed by atoms with Crippen molar-refractivity contribution in [2.75, 3.05) is 26.4 Å². The highest BCUT2D eigenvalue weighted by molar-refractivity contribution is 7.47. The molecule has 7 N–H and O–H groups in total. The summed E-state index contributed by atoms with van der Waals surface area (Å²) in [7, 11) is -5.00. The lowest BCUT2D eigenvalue weighted by Gasteiger charge is -2.36. The number of H-pyrrole nitrogens is 2. The van der Waals surface area contributed by atoms with Gasteiger partial charge in [0.25, 0.3) is 11.1 Å². The molecule has 3 aliphatic heterocycles. The van der Waals surface area contributed by atoms with Crippen molar-refractivity contribution in [3.05, 3.63) is 65.7 Å². The number of aromatic nitrogens is 4. The van der Waals surface area contributed by atoms with E-state index < -0.39 is 79.4 Å². The predicted molar refractivity (Wildman–Crippen MR) is 132 cm³/mol. The van der Waals surface area contributed by atoms with Gasteiger partial charge >= 0.3 is 19.2 Å². The number of rotatable bonds is 7. The number of hydrogen-bond acceptors (Lipinski definition) is 13. The van der Waals surface area contributed by atoms with Crippen LogP contribution in [0.2, 0.25) is 0 Å². The predicted octanol–water partition coefficient (Wildman–Crippen LogP) is -3.68. The van der Waals surface area contributed by atoms with Gasteiger partial charge in [0.2, 0.25) is 0 Å². The normalized spacial score (nSPS) is 31.4. The summed E-state index contributed by atoms with van der Waals surface area (Å²) in [4.78, 5) is 62.5. The van der Waals surface area contributed by atoms with Gasteiger partial charge in [0, 0.05) is 50.2 Å². The summed E-state index contributed by atoms with van der Waals surface area (Å²) in [6.45, 7) is 1.46. The summed E-state index contributed by atoms with van der Waals surface area (Å²) in [6, 6.07) is 1.04. The fourth-order valence-corrected chi connectivity index (χ4v) is 5.89. The van der Waals surface area contributed by atoms with Gasteiger partial charge in [0.1, 0.15) is 30.1 Å². The van der Waals surface area contributed by atoms with E-state index in [1.54, 1.807) is 0 Å². The second-order valence-electron chi connectivity index (χ2n) is 9.81. The van der Waals surface area contributed by atoms with Crippen molar-refractivity contribution < 1.29 is 38.2 Å². The van der Waals surface area contributed by atoms with Crippen LogP contribution in [0.4, 0.5) is 0 Å². The van der Waals surface area contributed by atoms with E-state index in [-0.39, 0.29) is 25.1 Å². The molecule has 3 fully saturated rings. The molecule has 5 heterocycles. The molecule has 7 atom stereocenters. The van der Waals surface area contributed by atoms with Crippen LogP contribution in [0.25, 0.3) is 0 Å². The zero-order valence-electron chi connectivity index (χ0n) is 21.1. The average molecular weight is 588 g/mol. The topological polar surface area (TPSA) is 248 Å². The summed E-state index contributed by atoms with van der Waals surface area (Å²) in [5, 5.41) is 27.5. The maximum Gasteiger partial charge on any atom is 0.472 e. The van der Waals surface area contributed by atoms with Crippen molar-refractivity contribution in [3.8, 4) is 0 Å². The van der Waals surface area contributed by atoms with Gasteiger partial charge in [-0.25, -0.2) is 14.2 Å². The first-order valence-electron chi connectivity index (χ1n) is 12.3. The number of ether oxygens (including phenoxy) is 2. The molecule has 0 aromatic carbocycles. The van der Waals surface area contributed by atoms with Gasteiger partial charge in [-0.15, -0.1) is 0 Å². The molecule has 220 valence electrons. The summed E-state index contributed by atoms with van der Waals surface area (Å²) < 4.78 is 37.0. The molecule has 1 unspecified atom stereocenters. The minimum atomic E-state index is -5.00. The van der Waals surface area contributed by atoms with Gasteiger partial charge in [0.05, 0.1) is 12.7 Å². The minimum Gasteiger partial charge on any atom is -0.390 e. The smallest absolute Gasteiger partial charge is 0.390 e. The monoisotopic (exact) mass is 588 g/mol. The first kappa shape index (κ1) is 28.7. The van der Waals surface area contributed by atoms with Crippen LogP contribution in [0.5, 0.6) is 0 Å². The lowest BCUT2D eigenvalue weighted by atomic mass is 9.94. The largest absolute Gasteiger partial charge is 0.472 e. The highest BCUT2D eigenvalue weighted by atomic mass is 31.2. The molecule has 19 heteroatoms. The second kappa shape index (κ2) is 10.9. The fraction of sp³-hybridized carbons (Fsp3) is 0.619. The lowest BCUT2D eigenvalue weighted by molar-refractivity contribution is -0.109. The zero-order valence-corrected chi connectivity index (χ0v) is 22.0. The Hall–Kier alpha value is -2.77. The van der Waals surface area contributed by atoms with Gasteiger partial charge in [-0.1, -0.05) is 0 Å². The van der Waals surface area contributed by atoms with Crippen LogP contribution in [0.3, 0.4) is 0 Å². The van der Waals surface area contributed by atoms with Crippen molar-refractivity contribution >= 4 is 7.82 Å². The van der Waals surface area contributed by atoms with E-state index in [1.807, 2.05) is 0 Å². The van der Waals surface area contributed by atoms with E-state index in [4.69, 9.17) is 18.5 Å². The van der Waals surface area contributed by atoms with Crippen LogP contribution in [0, 0.1) is 6.92 Å². The molecule has 0 saturated carbocycles. The van der Waals surface area contributed by atoms with Crippen LogP contribution in [0.15, 0.2) is 37.6 Å². The molecule has 0 aliphatic carbocycles. The van der Waals surface area contributed by atoms with E-state index >= 15 is 0 Å². The molecule has 2 aromatic rings. The Balaban J connectivity index is 1.31. The molecule has 0 bridgehead atoms. The molecule has 3 aliphatic rings. The van der Waals surface area contributed by atoms with Crippen LogP contribution < -0.4 is 33.1 Å². The van der Waals surface area contributed by atoms with Gasteiger partial charge in [0.15, 0.2) is 6.23 Å². The fourth-order valence-electron chi connectivity index (χ4n) is 4.96. The third-order valence-electron chi connectivity index (χ3n) is 7.03. The zero-order chi connectivity index (χ0) is 28.8. The quantitative estimate of drug-likeness (QED) is 0.154. The van der Waals surface area contributed by atoms with Crippen LogP contribution in [-0.4, -0.2) is 90.6 Å². The lowest BCUT2D eigenvalue weighted by Crippen LogP contribution is -2.62. The van der Waals surface area contributed by atoms with Crippen LogP contribution in [0.1, 0.15) is 24.4 Å². The van der Waals surface area contributed by atoms with E-state index in [0.717, 1.165) is 21.4 Å². The number of phosphoric ester groups is 1. The maximum atomic E-state index is 13.0. The van der Waals surface area contributed by atoms with Crippen LogP contribution in [-0.2, 0) is 23.1 Å². The van der Waals surface area contributed by atoms with Crippen molar-refractivity contribution in [1.82, 2.24) is 29.7 Å².